The molecule has 1 spiro atoms. The molecule has 0 amide bonds. The first kappa shape index (κ1) is 25.4. The lowest BCUT2D eigenvalue weighted by atomic mass is 9.69. The fraction of sp³-hybridized carbons (Fsp3) is 0.464. The van der Waals surface area contributed by atoms with Gasteiger partial charge in [-0.1, -0.05) is 62.6 Å². The Bertz CT molecular complexity index is 1060. The average Bonchev–Trinajstić information content (AvgIpc) is 3.20. The van der Waals surface area contributed by atoms with Crippen molar-refractivity contribution in [3.8, 4) is 12.3 Å². The second kappa shape index (κ2) is 10.5. The first-order valence-corrected chi connectivity index (χ1v) is 12.2. The van der Waals surface area contributed by atoms with E-state index in [4.69, 9.17) is 6.42 Å². The first-order valence-electron chi connectivity index (χ1n) is 12.2. The van der Waals surface area contributed by atoms with Crippen LogP contribution in [0.4, 0.5) is 17.6 Å². The van der Waals surface area contributed by atoms with Crippen LogP contribution in [0.1, 0.15) is 78.8 Å². The first-order chi connectivity index (χ1) is 16.8. The number of hydrazine groups is 1. The molecule has 1 heterocycles. The molecule has 0 bridgehead atoms. The van der Waals surface area contributed by atoms with Crippen molar-refractivity contribution in [1.82, 2.24) is 10.4 Å². The van der Waals surface area contributed by atoms with Crippen molar-refractivity contribution in [3.63, 3.8) is 0 Å². The summed E-state index contributed by atoms with van der Waals surface area (Å²) >= 11 is 0. The highest BCUT2D eigenvalue weighted by Gasteiger charge is 2.57. The van der Waals surface area contributed by atoms with Crippen molar-refractivity contribution in [2.75, 3.05) is 6.54 Å². The lowest BCUT2D eigenvalue weighted by molar-refractivity contribution is -0.138. The van der Waals surface area contributed by atoms with Crippen molar-refractivity contribution < 1.29 is 22.4 Å². The molecule has 4 rings (SSSR count). The maximum atomic E-state index is 14.2. The number of nitrogens with zero attached hydrogens (tertiary/aromatic N) is 1. The zero-order chi connectivity index (χ0) is 25.1. The third kappa shape index (κ3) is 5.14. The van der Waals surface area contributed by atoms with E-state index < -0.39 is 35.1 Å². The Kier molecular flexibility index (Phi) is 7.63. The van der Waals surface area contributed by atoms with E-state index in [9.17, 15) is 22.4 Å². The zero-order valence-electron chi connectivity index (χ0n) is 19.6. The maximum absolute atomic E-state index is 14.2. The third-order valence-corrected chi connectivity index (χ3v) is 7.48. The summed E-state index contributed by atoms with van der Waals surface area (Å²) in [5.74, 6) is 1.01. The monoisotopic (exact) mass is 486 g/mol. The van der Waals surface area contributed by atoms with Crippen LogP contribution in [0.25, 0.3) is 0 Å². The predicted molar refractivity (Wildman–Crippen MR) is 127 cm³/mol. The summed E-state index contributed by atoms with van der Waals surface area (Å²) in [7, 11) is 0. The maximum Gasteiger partial charge on any atom is 0.416 e. The van der Waals surface area contributed by atoms with Gasteiger partial charge in [-0.25, -0.2) is 14.8 Å². The Labute approximate surface area is 203 Å². The molecule has 1 N–H and O–H groups in total. The molecular formula is C28H30F4N2O. The molecule has 2 aromatic rings. The summed E-state index contributed by atoms with van der Waals surface area (Å²) in [4.78, 5) is 13.8. The van der Waals surface area contributed by atoms with Gasteiger partial charge in [-0.3, -0.25) is 4.79 Å². The summed E-state index contributed by atoms with van der Waals surface area (Å²) in [6.07, 6.45) is 8.19. The van der Waals surface area contributed by atoms with E-state index in [-0.39, 0.29) is 23.5 Å². The number of hydrogen-bond acceptors (Lipinski definition) is 3. The molecular weight excluding hydrogens is 456 g/mol. The summed E-state index contributed by atoms with van der Waals surface area (Å²) < 4.78 is 56.2. The van der Waals surface area contributed by atoms with Gasteiger partial charge in [0.15, 0.2) is 5.78 Å². The Morgan fingerprint density at radius 1 is 1.00 bits per heavy atom. The van der Waals surface area contributed by atoms with Crippen molar-refractivity contribution in [1.29, 1.82) is 0 Å². The minimum absolute atomic E-state index is 0.103. The topological polar surface area (TPSA) is 32.3 Å². The molecule has 2 atom stereocenters. The fourth-order valence-electron chi connectivity index (χ4n) is 5.92. The van der Waals surface area contributed by atoms with Gasteiger partial charge in [0.05, 0.1) is 18.2 Å². The van der Waals surface area contributed by atoms with E-state index in [1.165, 1.54) is 36.4 Å². The van der Waals surface area contributed by atoms with E-state index >= 15 is 0 Å². The van der Waals surface area contributed by atoms with Crippen LogP contribution >= 0.6 is 0 Å². The lowest BCUT2D eigenvalue weighted by Crippen LogP contribution is -2.50. The molecule has 35 heavy (non-hydrogen) atoms. The smallest absolute Gasteiger partial charge is 0.292 e. The average molecular weight is 487 g/mol. The van der Waals surface area contributed by atoms with Gasteiger partial charge in [0.1, 0.15) is 5.82 Å². The Hall–Kier alpha value is -2.69. The molecule has 186 valence electrons. The van der Waals surface area contributed by atoms with Gasteiger partial charge >= 0.3 is 6.18 Å². The van der Waals surface area contributed by atoms with Crippen LogP contribution < -0.4 is 5.43 Å². The fourth-order valence-corrected chi connectivity index (χ4v) is 5.92. The number of hydrogen-bond donors (Lipinski definition) is 1. The molecule has 1 aliphatic heterocycles. The van der Waals surface area contributed by atoms with E-state index in [1.54, 1.807) is 6.07 Å². The molecule has 2 aliphatic rings. The van der Waals surface area contributed by atoms with Crippen molar-refractivity contribution >= 4 is 5.78 Å². The molecule has 2 unspecified atom stereocenters. The normalized spacial score (nSPS) is 23.3. The van der Waals surface area contributed by atoms with Crippen molar-refractivity contribution in [3.05, 3.63) is 71.0 Å². The minimum atomic E-state index is -4.57. The number of carbonyl (C=O) groups is 1. The predicted octanol–water partition coefficient (Wildman–Crippen LogP) is 6.51. The molecule has 0 aromatic heterocycles. The highest BCUT2D eigenvalue weighted by atomic mass is 19.4. The number of nitrogens with one attached hydrogen (secondary N) is 1. The van der Waals surface area contributed by atoms with Crippen molar-refractivity contribution in [2.24, 2.45) is 0 Å². The van der Waals surface area contributed by atoms with Gasteiger partial charge in [-0.2, -0.15) is 13.2 Å². The van der Waals surface area contributed by atoms with Crippen LogP contribution in [0, 0.1) is 18.2 Å². The van der Waals surface area contributed by atoms with E-state index in [1.807, 2.05) is 5.01 Å². The Balaban J connectivity index is 1.90. The number of carbonyl (C=O) groups excluding carboxylic acids is 1. The third-order valence-electron chi connectivity index (χ3n) is 7.48. The van der Waals surface area contributed by atoms with E-state index in [0.29, 0.717) is 12.8 Å². The summed E-state index contributed by atoms with van der Waals surface area (Å²) in [5, 5.41) is 1.85. The molecule has 1 saturated carbocycles. The summed E-state index contributed by atoms with van der Waals surface area (Å²) in [6, 6.07) is 9.73. The van der Waals surface area contributed by atoms with Gasteiger partial charge in [0.25, 0.3) is 0 Å². The molecule has 1 saturated heterocycles. The molecule has 1 aliphatic carbocycles. The van der Waals surface area contributed by atoms with Crippen LogP contribution in [0.5, 0.6) is 0 Å². The van der Waals surface area contributed by atoms with Gasteiger partial charge in [-0.15, -0.1) is 6.42 Å². The standard InChI is InChI=1S/C28H30F4N2O/c1-2-19-34-27(17-9-5-3-4-6-10-18-27)24(22-11-7-8-12-23(22)28(30,31)32)25(33-34)26(35)20-13-15-21(29)16-14-20/h1,7-8,11-16,24-25,33H,3-6,9-10,17-19H2. The zero-order valence-corrected chi connectivity index (χ0v) is 19.6. The molecule has 2 aromatic carbocycles. The van der Waals surface area contributed by atoms with Gasteiger partial charge in [-0.05, 0) is 48.7 Å². The molecule has 3 nitrogen and oxygen atoms in total. The van der Waals surface area contributed by atoms with Crippen LogP contribution in [-0.4, -0.2) is 28.9 Å². The highest BCUT2D eigenvalue weighted by molar-refractivity contribution is 6.01. The molecule has 2 fully saturated rings. The summed E-state index contributed by atoms with van der Waals surface area (Å²) in [5.41, 5.74) is 2.11. The van der Waals surface area contributed by atoms with Gasteiger partial charge in [0.2, 0.25) is 0 Å². The Morgan fingerprint density at radius 3 is 2.20 bits per heavy atom. The summed E-state index contributed by atoms with van der Waals surface area (Å²) in [6.45, 7) is 0.165. The van der Waals surface area contributed by atoms with Crippen LogP contribution in [0.2, 0.25) is 0 Å². The van der Waals surface area contributed by atoms with Crippen LogP contribution in [0.3, 0.4) is 0 Å². The van der Waals surface area contributed by atoms with E-state index in [2.05, 4.69) is 11.3 Å². The molecule has 7 heteroatoms. The van der Waals surface area contributed by atoms with E-state index in [0.717, 1.165) is 44.6 Å². The number of ketones is 1. The van der Waals surface area contributed by atoms with Crippen molar-refractivity contribution in [2.45, 2.75) is 75.0 Å². The molecule has 0 radical (unpaired) electrons. The SMILES string of the molecule is C#CCN1NC(C(=O)c2ccc(F)cc2)C(c2ccccc2C(F)(F)F)C12CCCCCCCC2. The van der Waals surface area contributed by atoms with Crippen LogP contribution in [-0.2, 0) is 6.18 Å². The number of Topliss-reactive ketones (excluding diaryl/α,β-unsaturated/α-hetero) is 1. The number of benzene rings is 2. The number of rotatable bonds is 4. The minimum Gasteiger partial charge on any atom is -0.292 e. The largest absolute Gasteiger partial charge is 0.416 e. The second-order valence-corrected chi connectivity index (χ2v) is 9.56. The van der Waals surface area contributed by atoms with Crippen LogP contribution in [0.15, 0.2) is 48.5 Å². The Morgan fingerprint density at radius 2 is 1.60 bits per heavy atom. The second-order valence-electron chi connectivity index (χ2n) is 9.56. The highest BCUT2D eigenvalue weighted by Crippen LogP contribution is 2.51. The van der Waals surface area contributed by atoms with Gasteiger partial charge < -0.3 is 0 Å². The van der Waals surface area contributed by atoms with Gasteiger partial charge in [0, 0.05) is 17.0 Å². The lowest BCUT2D eigenvalue weighted by Gasteiger charge is -2.42. The number of alkyl halides is 3. The number of terminal acetylenes is 1. The number of halogens is 4. The quantitative estimate of drug-likeness (QED) is 0.304.